The Balaban J connectivity index is 0.00000450. The third-order valence-electron chi connectivity index (χ3n) is 4.91. The zero-order valence-corrected chi connectivity index (χ0v) is 21.3. The van der Waals surface area contributed by atoms with Gasteiger partial charge in [-0.15, -0.1) is 24.0 Å². The lowest BCUT2D eigenvalue weighted by molar-refractivity contribution is 0.0724. The van der Waals surface area contributed by atoms with Gasteiger partial charge in [-0.25, -0.2) is 13.4 Å². The highest BCUT2D eigenvalue weighted by atomic mass is 127. The average molecular weight is 551 g/mol. The van der Waals surface area contributed by atoms with Crippen molar-refractivity contribution in [2.45, 2.75) is 52.1 Å². The lowest BCUT2D eigenvalue weighted by Crippen LogP contribution is -2.42. The quantitative estimate of drug-likeness (QED) is 0.295. The number of guanidine groups is 1. The van der Waals surface area contributed by atoms with E-state index in [-0.39, 0.29) is 41.7 Å². The topological polar surface area (TPSA) is 90.9 Å². The van der Waals surface area contributed by atoms with Gasteiger partial charge in [-0.2, -0.15) is 0 Å². The summed E-state index contributed by atoms with van der Waals surface area (Å²) in [5.41, 5.74) is 1.74. The largest absolute Gasteiger partial charge is 0.357 e. The van der Waals surface area contributed by atoms with Gasteiger partial charge in [-0.1, -0.05) is 12.1 Å². The molecule has 0 aliphatic carbocycles. The Morgan fingerprint density at radius 2 is 1.80 bits per heavy atom. The minimum absolute atomic E-state index is 0. The second kappa shape index (κ2) is 13.1. The second-order valence-electron chi connectivity index (χ2n) is 7.71. The van der Waals surface area contributed by atoms with Crippen molar-refractivity contribution in [3.8, 4) is 0 Å². The molecule has 0 saturated carbocycles. The van der Waals surface area contributed by atoms with Crippen molar-refractivity contribution in [1.29, 1.82) is 0 Å². The highest BCUT2D eigenvalue weighted by Crippen LogP contribution is 2.14. The molecule has 1 unspecified atom stereocenters. The molecule has 0 bridgehead atoms. The number of likely N-dealkylation sites (tertiary alicyclic amines) is 1. The molecule has 2 rings (SSSR count). The first-order chi connectivity index (χ1) is 13.8. The van der Waals surface area contributed by atoms with Gasteiger partial charge in [-0.05, 0) is 57.2 Å². The van der Waals surface area contributed by atoms with Gasteiger partial charge in [0.2, 0.25) is 0 Å². The van der Waals surface area contributed by atoms with E-state index in [2.05, 4.69) is 15.6 Å². The fourth-order valence-electron chi connectivity index (χ4n) is 3.22. The standard InChI is InChI=1S/C21H34N4O3S.HI/c1-4-22-21(24-17(2)12-15-29(3,27)28)23-16-18-8-10-19(11-9-18)20(26)25-13-6-5-7-14-25;/h8-11,17H,4-7,12-16H2,1-3H3,(H2,22,23,24);1H. The van der Waals surface area contributed by atoms with Gasteiger partial charge in [-0.3, -0.25) is 4.79 Å². The summed E-state index contributed by atoms with van der Waals surface area (Å²) in [7, 11) is -2.97. The normalized spacial score (nSPS) is 15.8. The van der Waals surface area contributed by atoms with Gasteiger partial charge in [0.1, 0.15) is 9.84 Å². The number of piperidine rings is 1. The van der Waals surface area contributed by atoms with Crippen molar-refractivity contribution in [3.05, 3.63) is 35.4 Å². The van der Waals surface area contributed by atoms with Gasteiger partial charge in [0.15, 0.2) is 5.96 Å². The summed E-state index contributed by atoms with van der Waals surface area (Å²) in [5.74, 6) is 0.906. The summed E-state index contributed by atoms with van der Waals surface area (Å²) in [6, 6.07) is 7.62. The Morgan fingerprint density at radius 1 is 1.17 bits per heavy atom. The average Bonchev–Trinajstić information content (AvgIpc) is 2.71. The molecule has 1 saturated heterocycles. The third kappa shape index (κ3) is 9.63. The minimum atomic E-state index is -2.97. The van der Waals surface area contributed by atoms with E-state index in [9.17, 15) is 13.2 Å². The van der Waals surface area contributed by atoms with Gasteiger partial charge >= 0.3 is 0 Å². The first-order valence-electron chi connectivity index (χ1n) is 10.4. The lowest BCUT2D eigenvalue weighted by Gasteiger charge is -2.26. The van der Waals surface area contributed by atoms with Crippen LogP contribution < -0.4 is 10.6 Å². The number of hydrogen-bond acceptors (Lipinski definition) is 4. The van der Waals surface area contributed by atoms with E-state index in [4.69, 9.17) is 0 Å². The van der Waals surface area contributed by atoms with Crippen LogP contribution in [0.1, 0.15) is 55.5 Å². The van der Waals surface area contributed by atoms with Crippen molar-refractivity contribution < 1.29 is 13.2 Å². The molecule has 1 amide bonds. The second-order valence-corrected chi connectivity index (χ2v) is 9.97. The summed E-state index contributed by atoms with van der Waals surface area (Å²) >= 11 is 0. The number of hydrogen-bond donors (Lipinski definition) is 2. The summed E-state index contributed by atoms with van der Waals surface area (Å²) in [6.07, 6.45) is 5.15. The van der Waals surface area contributed by atoms with E-state index in [1.165, 1.54) is 12.7 Å². The molecule has 0 radical (unpaired) electrons. The molecule has 1 aliphatic heterocycles. The van der Waals surface area contributed by atoms with Gasteiger partial charge in [0.25, 0.3) is 5.91 Å². The fourth-order valence-corrected chi connectivity index (χ4v) is 4.00. The van der Waals surface area contributed by atoms with Crippen LogP contribution in [0.4, 0.5) is 0 Å². The molecule has 1 heterocycles. The molecular formula is C21H35IN4O3S. The number of sulfone groups is 1. The van der Waals surface area contributed by atoms with Gasteiger partial charge in [0.05, 0.1) is 12.3 Å². The number of carbonyl (C=O) groups is 1. The van der Waals surface area contributed by atoms with Crippen LogP contribution in [0.15, 0.2) is 29.3 Å². The van der Waals surface area contributed by atoms with Crippen molar-refractivity contribution >= 4 is 45.7 Å². The molecule has 7 nitrogen and oxygen atoms in total. The maximum absolute atomic E-state index is 12.6. The Kier molecular flexibility index (Phi) is 11.7. The zero-order chi connectivity index (χ0) is 21.3. The molecule has 0 aromatic heterocycles. The van der Waals surface area contributed by atoms with Crippen molar-refractivity contribution in [2.24, 2.45) is 4.99 Å². The van der Waals surface area contributed by atoms with Gasteiger partial charge in [0, 0.05) is 37.5 Å². The summed E-state index contributed by atoms with van der Waals surface area (Å²) in [5, 5.41) is 6.43. The van der Waals surface area contributed by atoms with E-state index in [0.717, 1.165) is 37.1 Å². The number of benzene rings is 1. The lowest BCUT2D eigenvalue weighted by atomic mass is 10.1. The van der Waals surface area contributed by atoms with E-state index < -0.39 is 9.84 Å². The van der Waals surface area contributed by atoms with Crippen LogP contribution in [0.2, 0.25) is 0 Å². The Morgan fingerprint density at radius 3 is 2.37 bits per heavy atom. The fraction of sp³-hybridized carbons (Fsp3) is 0.619. The van der Waals surface area contributed by atoms with Crippen molar-refractivity contribution in [2.75, 3.05) is 31.6 Å². The van der Waals surface area contributed by atoms with Crippen LogP contribution in [-0.4, -0.2) is 62.9 Å². The van der Waals surface area contributed by atoms with E-state index in [0.29, 0.717) is 25.5 Å². The highest BCUT2D eigenvalue weighted by Gasteiger charge is 2.17. The summed E-state index contributed by atoms with van der Waals surface area (Å²) in [6.45, 7) is 6.82. The number of nitrogens with zero attached hydrogens (tertiary/aromatic N) is 2. The molecule has 30 heavy (non-hydrogen) atoms. The van der Waals surface area contributed by atoms with Crippen LogP contribution >= 0.6 is 24.0 Å². The Hall–Kier alpha value is -1.36. The maximum Gasteiger partial charge on any atom is 0.253 e. The first-order valence-corrected chi connectivity index (χ1v) is 12.5. The van der Waals surface area contributed by atoms with E-state index >= 15 is 0 Å². The number of aliphatic imine (C=N–C) groups is 1. The van der Waals surface area contributed by atoms with E-state index in [1.54, 1.807) is 0 Å². The number of halogens is 1. The predicted molar refractivity (Wildman–Crippen MR) is 133 cm³/mol. The minimum Gasteiger partial charge on any atom is -0.357 e. The van der Waals surface area contributed by atoms with Crippen LogP contribution in [0.25, 0.3) is 0 Å². The molecule has 1 aromatic carbocycles. The smallest absolute Gasteiger partial charge is 0.253 e. The first kappa shape index (κ1) is 26.7. The number of amides is 1. The Bertz CT molecular complexity index is 791. The van der Waals surface area contributed by atoms with Crippen molar-refractivity contribution in [3.63, 3.8) is 0 Å². The highest BCUT2D eigenvalue weighted by molar-refractivity contribution is 14.0. The molecule has 2 N–H and O–H groups in total. The molecular weight excluding hydrogens is 515 g/mol. The molecule has 1 aliphatic rings. The zero-order valence-electron chi connectivity index (χ0n) is 18.2. The van der Waals surface area contributed by atoms with E-state index in [1.807, 2.05) is 43.0 Å². The summed E-state index contributed by atoms with van der Waals surface area (Å²) in [4.78, 5) is 19.1. The SMILES string of the molecule is CCNC(=NCc1ccc(C(=O)N2CCCCC2)cc1)NC(C)CCS(C)(=O)=O.I. The number of nitrogens with one attached hydrogen (secondary N) is 2. The predicted octanol–water partition coefficient (Wildman–Crippen LogP) is 2.81. The van der Waals surface area contributed by atoms with Crippen LogP contribution in [-0.2, 0) is 16.4 Å². The Labute approximate surface area is 198 Å². The number of rotatable bonds is 8. The summed E-state index contributed by atoms with van der Waals surface area (Å²) < 4.78 is 22.7. The van der Waals surface area contributed by atoms with Crippen LogP contribution in [0.5, 0.6) is 0 Å². The van der Waals surface area contributed by atoms with Crippen molar-refractivity contribution in [1.82, 2.24) is 15.5 Å². The monoisotopic (exact) mass is 550 g/mol. The van der Waals surface area contributed by atoms with Crippen LogP contribution in [0, 0.1) is 0 Å². The van der Waals surface area contributed by atoms with Crippen LogP contribution in [0.3, 0.4) is 0 Å². The molecule has 1 fully saturated rings. The molecule has 9 heteroatoms. The molecule has 1 atom stereocenters. The molecule has 0 spiro atoms. The molecule has 170 valence electrons. The van der Waals surface area contributed by atoms with Gasteiger partial charge < -0.3 is 15.5 Å². The number of carbonyl (C=O) groups excluding carboxylic acids is 1. The third-order valence-corrected chi connectivity index (χ3v) is 5.89. The maximum atomic E-state index is 12.6. The molecule has 1 aromatic rings.